The van der Waals surface area contributed by atoms with Gasteiger partial charge in [-0.05, 0) is 12.1 Å². The van der Waals surface area contributed by atoms with E-state index in [4.69, 9.17) is 5.21 Å². The Balaban J connectivity index is 2.48. The summed E-state index contributed by atoms with van der Waals surface area (Å²) in [6.07, 6.45) is 0. The van der Waals surface area contributed by atoms with Crippen molar-refractivity contribution >= 4 is 17.2 Å². The molecule has 1 heterocycles. The van der Waals surface area contributed by atoms with Gasteiger partial charge in [-0.3, -0.25) is 10.7 Å². The number of fused-ring (bicyclic) bond motifs is 1. The maximum atomic E-state index is 9.00. The van der Waals surface area contributed by atoms with E-state index in [0.29, 0.717) is 5.84 Å². The summed E-state index contributed by atoms with van der Waals surface area (Å²) < 4.78 is 0. The number of hydrogen-bond acceptors (Lipinski definition) is 4. The summed E-state index contributed by atoms with van der Waals surface area (Å²) in [7, 11) is 2.03. The number of benzene rings is 1. The number of para-hydroxylation sites is 2. The molecule has 0 amide bonds. The first kappa shape index (κ1) is 9.98. The van der Waals surface area contributed by atoms with Crippen LogP contribution in [-0.2, 0) is 0 Å². The molecular weight excluding hydrogens is 190 g/mol. The first-order valence-electron chi connectivity index (χ1n) is 5.01. The molecule has 0 aromatic heterocycles. The summed E-state index contributed by atoms with van der Waals surface area (Å²) >= 11 is 0. The van der Waals surface area contributed by atoms with Gasteiger partial charge in [-0.1, -0.05) is 19.1 Å². The van der Waals surface area contributed by atoms with Crippen molar-refractivity contribution in [3.8, 4) is 0 Å². The van der Waals surface area contributed by atoms with Crippen molar-refractivity contribution in [2.45, 2.75) is 6.92 Å². The molecule has 1 atom stereocenters. The van der Waals surface area contributed by atoms with Gasteiger partial charge in [0.25, 0.3) is 0 Å². The molecule has 1 aliphatic rings. The molecule has 0 fully saturated rings. The SMILES string of the molecule is CC1CN(C)c2ccccc2N=C1NO. The van der Waals surface area contributed by atoms with Crippen molar-refractivity contribution in [3.05, 3.63) is 24.3 Å². The van der Waals surface area contributed by atoms with Crippen LogP contribution in [0.25, 0.3) is 0 Å². The molecule has 0 spiro atoms. The quantitative estimate of drug-likeness (QED) is 0.635. The maximum Gasteiger partial charge on any atom is 0.130 e. The fraction of sp³-hybridized carbons (Fsp3) is 0.364. The Bertz CT molecular complexity index is 389. The molecule has 1 aromatic carbocycles. The van der Waals surface area contributed by atoms with E-state index in [1.165, 1.54) is 0 Å². The highest BCUT2D eigenvalue weighted by atomic mass is 16.5. The summed E-state index contributed by atoms with van der Waals surface area (Å²) in [5, 5.41) is 9.00. The van der Waals surface area contributed by atoms with Crippen LogP contribution in [0.5, 0.6) is 0 Å². The lowest BCUT2D eigenvalue weighted by Gasteiger charge is -2.21. The summed E-state index contributed by atoms with van der Waals surface area (Å²) in [5.74, 6) is 0.805. The highest BCUT2D eigenvalue weighted by molar-refractivity contribution is 5.89. The van der Waals surface area contributed by atoms with Gasteiger partial charge in [-0.2, -0.15) is 0 Å². The van der Waals surface area contributed by atoms with Crippen LogP contribution < -0.4 is 10.4 Å². The van der Waals surface area contributed by atoms with Crippen LogP contribution in [0.3, 0.4) is 0 Å². The molecule has 0 saturated heterocycles. The number of rotatable bonds is 0. The molecule has 2 N–H and O–H groups in total. The van der Waals surface area contributed by atoms with Gasteiger partial charge in [0.2, 0.25) is 0 Å². The average molecular weight is 205 g/mol. The highest BCUT2D eigenvalue weighted by Crippen LogP contribution is 2.30. The zero-order chi connectivity index (χ0) is 10.8. The molecular formula is C11H15N3O. The number of aliphatic imine (C=N–C) groups is 1. The predicted octanol–water partition coefficient (Wildman–Crippen LogP) is 1.78. The molecule has 1 aliphatic heterocycles. The van der Waals surface area contributed by atoms with Crippen molar-refractivity contribution in [1.82, 2.24) is 5.48 Å². The third kappa shape index (κ3) is 1.80. The van der Waals surface area contributed by atoms with Crippen LogP contribution in [0, 0.1) is 5.92 Å². The van der Waals surface area contributed by atoms with Gasteiger partial charge in [0.15, 0.2) is 0 Å². The number of nitrogens with zero attached hydrogens (tertiary/aromatic N) is 2. The molecule has 80 valence electrons. The smallest absolute Gasteiger partial charge is 0.130 e. The van der Waals surface area contributed by atoms with Gasteiger partial charge in [-0.15, -0.1) is 0 Å². The van der Waals surface area contributed by atoms with Gasteiger partial charge in [0.1, 0.15) is 5.84 Å². The van der Waals surface area contributed by atoms with Gasteiger partial charge in [0, 0.05) is 19.5 Å². The fourth-order valence-corrected chi connectivity index (χ4v) is 1.85. The molecule has 0 bridgehead atoms. The maximum absolute atomic E-state index is 9.00. The molecule has 4 heteroatoms. The first-order valence-corrected chi connectivity index (χ1v) is 5.01. The minimum atomic E-state index is 0.187. The van der Waals surface area contributed by atoms with E-state index in [1.54, 1.807) is 0 Å². The predicted molar refractivity (Wildman–Crippen MR) is 60.9 cm³/mol. The van der Waals surface area contributed by atoms with Crippen molar-refractivity contribution < 1.29 is 5.21 Å². The molecule has 0 saturated carbocycles. The molecule has 4 nitrogen and oxygen atoms in total. The van der Waals surface area contributed by atoms with E-state index in [9.17, 15) is 0 Å². The van der Waals surface area contributed by atoms with Crippen molar-refractivity contribution in [2.75, 3.05) is 18.5 Å². The van der Waals surface area contributed by atoms with Gasteiger partial charge in [0.05, 0.1) is 11.4 Å². The largest absolute Gasteiger partial charge is 0.372 e. The zero-order valence-corrected chi connectivity index (χ0v) is 8.94. The van der Waals surface area contributed by atoms with E-state index < -0.39 is 0 Å². The Morgan fingerprint density at radius 3 is 2.93 bits per heavy atom. The lowest BCUT2D eigenvalue weighted by molar-refractivity contribution is 0.228. The Morgan fingerprint density at radius 2 is 2.20 bits per heavy atom. The average Bonchev–Trinajstić information content (AvgIpc) is 2.36. The lowest BCUT2D eigenvalue weighted by atomic mass is 10.1. The van der Waals surface area contributed by atoms with Crippen LogP contribution in [0.4, 0.5) is 11.4 Å². The van der Waals surface area contributed by atoms with Crippen molar-refractivity contribution in [1.29, 1.82) is 0 Å². The minimum absolute atomic E-state index is 0.187. The van der Waals surface area contributed by atoms with E-state index in [2.05, 4.69) is 15.4 Å². The monoisotopic (exact) mass is 205 g/mol. The van der Waals surface area contributed by atoms with E-state index >= 15 is 0 Å². The summed E-state index contributed by atoms with van der Waals surface area (Å²) in [6, 6.07) is 7.92. The Hall–Kier alpha value is -1.55. The van der Waals surface area contributed by atoms with Gasteiger partial charge >= 0.3 is 0 Å². The van der Waals surface area contributed by atoms with E-state index in [-0.39, 0.29) is 5.92 Å². The molecule has 1 unspecified atom stereocenters. The van der Waals surface area contributed by atoms with Crippen molar-refractivity contribution in [2.24, 2.45) is 10.9 Å². The highest BCUT2D eigenvalue weighted by Gasteiger charge is 2.19. The van der Waals surface area contributed by atoms with Crippen molar-refractivity contribution in [3.63, 3.8) is 0 Å². The zero-order valence-electron chi connectivity index (χ0n) is 8.94. The fourth-order valence-electron chi connectivity index (χ4n) is 1.85. The Morgan fingerprint density at radius 1 is 1.47 bits per heavy atom. The second-order valence-electron chi connectivity index (χ2n) is 3.88. The second-order valence-corrected chi connectivity index (χ2v) is 3.88. The molecule has 1 aromatic rings. The molecule has 2 rings (SSSR count). The summed E-state index contributed by atoms with van der Waals surface area (Å²) in [5.41, 5.74) is 4.16. The third-order valence-electron chi connectivity index (χ3n) is 2.66. The third-order valence-corrected chi connectivity index (χ3v) is 2.66. The Kier molecular flexibility index (Phi) is 2.60. The number of amidine groups is 1. The Labute approximate surface area is 89.2 Å². The van der Waals surface area contributed by atoms with E-state index in [0.717, 1.165) is 17.9 Å². The summed E-state index contributed by atoms with van der Waals surface area (Å²) in [6.45, 7) is 2.87. The minimum Gasteiger partial charge on any atom is -0.372 e. The number of hydrogen-bond donors (Lipinski definition) is 2. The van der Waals surface area contributed by atoms with Crippen LogP contribution in [0.2, 0.25) is 0 Å². The normalized spacial score (nSPS) is 20.3. The van der Waals surface area contributed by atoms with Crippen LogP contribution in [0.15, 0.2) is 29.3 Å². The van der Waals surface area contributed by atoms with Crippen LogP contribution in [0.1, 0.15) is 6.92 Å². The number of hydroxylamine groups is 1. The van der Waals surface area contributed by atoms with Gasteiger partial charge in [-0.25, -0.2) is 4.99 Å². The standard InChI is InChI=1S/C11H15N3O/c1-8-7-14(2)10-6-4-3-5-9(10)12-11(8)13-15/h3-6,8,15H,7H2,1-2H3,(H,12,13). The topological polar surface area (TPSA) is 47.9 Å². The molecule has 15 heavy (non-hydrogen) atoms. The van der Waals surface area contributed by atoms with Crippen LogP contribution >= 0.6 is 0 Å². The summed E-state index contributed by atoms with van der Waals surface area (Å²) in [4.78, 5) is 6.55. The van der Waals surface area contributed by atoms with E-state index in [1.807, 2.05) is 38.2 Å². The first-order chi connectivity index (χ1) is 7.22. The molecule has 0 aliphatic carbocycles. The second kappa shape index (κ2) is 3.90. The van der Waals surface area contributed by atoms with Gasteiger partial charge < -0.3 is 4.90 Å². The van der Waals surface area contributed by atoms with Crippen LogP contribution in [-0.4, -0.2) is 24.6 Å². The number of nitrogens with one attached hydrogen (secondary N) is 1. The lowest BCUT2D eigenvalue weighted by Crippen LogP contribution is -2.33. The number of anilines is 1. The molecule has 0 radical (unpaired) electrons.